The summed E-state index contributed by atoms with van der Waals surface area (Å²) in [5, 5.41) is 8.88. The quantitative estimate of drug-likeness (QED) is 0.813. The first kappa shape index (κ1) is 16.8. The van der Waals surface area contributed by atoms with E-state index in [1.807, 2.05) is 0 Å². The number of rotatable bonds is 6. The van der Waals surface area contributed by atoms with Gasteiger partial charge in [-0.2, -0.15) is 0 Å². The van der Waals surface area contributed by atoms with Gasteiger partial charge in [-0.25, -0.2) is 4.79 Å². The van der Waals surface area contributed by atoms with Gasteiger partial charge in [-0.1, -0.05) is 6.07 Å². The topological polar surface area (TPSA) is 59.0 Å². The lowest BCUT2D eigenvalue weighted by molar-refractivity contribution is 0.0358. The van der Waals surface area contributed by atoms with E-state index in [0.717, 1.165) is 39.3 Å². The van der Waals surface area contributed by atoms with Gasteiger partial charge >= 0.3 is 5.97 Å². The van der Waals surface area contributed by atoms with Crippen LogP contribution >= 0.6 is 12.4 Å². The van der Waals surface area contributed by atoms with Crippen LogP contribution in [0.2, 0.25) is 0 Å². The maximum absolute atomic E-state index is 10.8. The molecule has 0 radical (unpaired) electrons. The van der Waals surface area contributed by atoms with E-state index in [2.05, 4.69) is 4.90 Å². The van der Waals surface area contributed by atoms with Crippen LogP contribution in [0.25, 0.3) is 0 Å². The third kappa shape index (κ3) is 5.36. The predicted molar refractivity (Wildman–Crippen MR) is 78.0 cm³/mol. The molecule has 1 N–H and O–H groups in total. The Kier molecular flexibility index (Phi) is 7.36. The lowest BCUT2D eigenvalue weighted by Crippen LogP contribution is -2.37. The zero-order valence-electron chi connectivity index (χ0n) is 11.3. The Morgan fingerprint density at radius 1 is 1.35 bits per heavy atom. The van der Waals surface area contributed by atoms with Gasteiger partial charge in [-0.05, 0) is 24.6 Å². The average Bonchev–Trinajstić information content (AvgIpc) is 2.45. The van der Waals surface area contributed by atoms with Crippen molar-refractivity contribution in [2.45, 2.75) is 6.42 Å². The minimum absolute atomic E-state index is 0. The summed E-state index contributed by atoms with van der Waals surface area (Å²) in [7, 11) is 0. The highest BCUT2D eigenvalue weighted by atomic mass is 35.5. The van der Waals surface area contributed by atoms with Crippen molar-refractivity contribution in [1.82, 2.24) is 4.90 Å². The SMILES string of the molecule is Cl.O=C(O)c1cccc(OCCCN2CCOCC2)c1. The molecule has 1 aromatic carbocycles. The van der Waals surface area contributed by atoms with E-state index in [4.69, 9.17) is 14.6 Å². The Hall–Kier alpha value is -1.30. The number of halogens is 1. The number of carbonyl (C=O) groups is 1. The first-order chi connectivity index (χ1) is 9.25. The normalized spacial score (nSPS) is 15.4. The summed E-state index contributed by atoms with van der Waals surface area (Å²) in [4.78, 5) is 13.2. The Morgan fingerprint density at radius 2 is 2.10 bits per heavy atom. The molecule has 6 heteroatoms. The Morgan fingerprint density at radius 3 is 2.80 bits per heavy atom. The van der Waals surface area contributed by atoms with Crippen molar-refractivity contribution in [2.75, 3.05) is 39.5 Å². The van der Waals surface area contributed by atoms with Crippen LogP contribution in [0.1, 0.15) is 16.8 Å². The number of carboxylic acid groups (broad SMARTS) is 1. The van der Waals surface area contributed by atoms with Crippen molar-refractivity contribution in [3.8, 4) is 5.75 Å². The maximum atomic E-state index is 10.8. The molecular weight excluding hydrogens is 282 g/mol. The molecule has 112 valence electrons. The summed E-state index contributed by atoms with van der Waals surface area (Å²) < 4.78 is 10.8. The molecule has 1 aromatic rings. The fourth-order valence-electron chi connectivity index (χ4n) is 2.02. The van der Waals surface area contributed by atoms with Gasteiger partial charge in [0.15, 0.2) is 0 Å². The Labute approximate surface area is 124 Å². The lowest BCUT2D eigenvalue weighted by atomic mass is 10.2. The largest absolute Gasteiger partial charge is 0.494 e. The summed E-state index contributed by atoms with van der Waals surface area (Å²) in [5.41, 5.74) is 0.255. The molecular formula is C14H20ClNO4. The van der Waals surface area contributed by atoms with Crippen molar-refractivity contribution in [1.29, 1.82) is 0 Å². The second-order valence-electron chi connectivity index (χ2n) is 4.49. The average molecular weight is 302 g/mol. The predicted octanol–water partition coefficient (Wildman–Crippen LogP) is 1.91. The van der Waals surface area contributed by atoms with E-state index in [1.54, 1.807) is 24.3 Å². The van der Waals surface area contributed by atoms with Crippen LogP contribution in [0.3, 0.4) is 0 Å². The van der Waals surface area contributed by atoms with Crippen LogP contribution in [-0.4, -0.2) is 55.4 Å². The summed E-state index contributed by atoms with van der Waals surface area (Å²) >= 11 is 0. The molecule has 0 saturated carbocycles. The fourth-order valence-corrected chi connectivity index (χ4v) is 2.02. The van der Waals surface area contributed by atoms with Gasteiger partial charge in [-0.15, -0.1) is 12.4 Å². The summed E-state index contributed by atoms with van der Waals surface area (Å²) in [6.45, 7) is 5.16. The van der Waals surface area contributed by atoms with Gasteiger partial charge in [0.1, 0.15) is 5.75 Å². The third-order valence-corrected chi connectivity index (χ3v) is 3.07. The highest BCUT2D eigenvalue weighted by Gasteiger charge is 2.09. The first-order valence-electron chi connectivity index (χ1n) is 6.52. The zero-order valence-corrected chi connectivity index (χ0v) is 12.1. The molecule has 1 fully saturated rings. The molecule has 2 rings (SSSR count). The van der Waals surface area contributed by atoms with Gasteiger partial charge in [0.2, 0.25) is 0 Å². The van der Waals surface area contributed by atoms with E-state index >= 15 is 0 Å². The van der Waals surface area contributed by atoms with Crippen molar-refractivity contribution in [3.05, 3.63) is 29.8 Å². The molecule has 20 heavy (non-hydrogen) atoms. The van der Waals surface area contributed by atoms with Crippen LogP contribution < -0.4 is 4.74 Å². The molecule has 0 aliphatic carbocycles. The number of hydrogen-bond donors (Lipinski definition) is 1. The number of ether oxygens (including phenoxy) is 2. The number of benzene rings is 1. The Bertz CT molecular complexity index is 421. The number of nitrogens with zero attached hydrogens (tertiary/aromatic N) is 1. The molecule has 1 saturated heterocycles. The second kappa shape index (κ2) is 8.79. The summed E-state index contributed by atoms with van der Waals surface area (Å²) in [5.74, 6) is -0.319. The van der Waals surface area contributed by atoms with E-state index in [1.165, 1.54) is 0 Å². The molecule has 0 aromatic heterocycles. The Balaban J connectivity index is 0.00000200. The molecule has 0 amide bonds. The maximum Gasteiger partial charge on any atom is 0.335 e. The van der Waals surface area contributed by atoms with Gasteiger partial charge in [0.25, 0.3) is 0 Å². The number of carboxylic acids is 1. The van der Waals surface area contributed by atoms with E-state index in [-0.39, 0.29) is 18.0 Å². The van der Waals surface area contributed by atoms with E-state index in [9.17, 15) is 4.79 Å². The number of aromatic carboxylic acids is 1. The van der Waals surface area contributed by atoms with Crippen LogP contribution in [0.15, 0.2) is 24.3 Å². The monoisotopic (exact) mass is 301 g/mol. The van der Waals surface area contributed by atoms with Crippen LogP contribution in [0.4, 0.5) is 0 Å². The molecule has 0 spiro atoms. The highest BCUT2D eigenvalue weighted by Crippen LogP contribution is 2.13. The van der Waals surface area contributed by atoms with Gasteiger partial charge in [0.05, 0.1) is 25.4 Å². The molecule has 5 nitrogen and oxygen atoms in total. The zero-order chi connectivity index (χ0) is 13.5. The van der Waals surface area contributed by atoms with Crippen molar-refractivity contribution < 1.29 is 19.4 Å². The summed E-state index contributed by atoms with van der Waals surface area (Å²) in [6.07, 6.45) is 0.928. The highest BCUT2D eigenvalue weighted by molar-refractivity contribution is 5.88. The minimum atomic E-state index is -0.932. The molecule has 0 atom stereocenters. The lowest BCUT2D eigenvalue weighted by Gasteiger charge is -2.26. The van der Waals surface area contributed by atoms with Crippen LogP contribution in [0.5, 0.6) is 5.75 Å². The van der Waals surface area contributed by atoms with Gasteiger partial charge in [0, 0.05) is 19.6 Å². The third-order valence-electron chi connectivity index (χ3n) is 3.07. The van der Waals surface area contributed by atoms with Gasteiger partial charge in [-0.3, -0.25) is 4.90 Å². The number of morpholine rings is 1. The fraction of sp³-hybridized carbons (Fsp3) is 0.500. The molecule has 1 aliphatic heterocycles. The molecule has 0 unspecified atom stereocenters. The standard InChI is InChI=1S/C14H19NO4.ClH/c16-14(17)12-3-1-4-13(11-12)19-8-2-5-15-6-9-18-10-7-15;/h1,3-4,11H,2,5-10H2,(H,16,17);1H. The van der Waals surface area contributed by atoms with Crippen molar-refractivity contribution in [2.24, 2.45) is 0 Å². The molecule has 1 aliphatic rings. The molecule has 1 heterocycles. The molecule has 0 bridgehead atoms. The van der Waals surface area contributed by atoms with Gasteiger partial charge < -0.3 is 14.6 Å². The number of hydrogen-bond acceptors (Lipinski definition) is 4. The smallest absolute Gasteiger partial charge is 0.335 e. The van der Waals surface area contributed by atoms with Crippen LogP contribution in [0, 0.1) is 0 Å². The first-order valence-corrected chi connectivity index (χ1v) is 6.52. The second-order valence-corrected chi connectivity index (χ2v) is 4.49. The minimum Gasteiger partial charge on any atom is -0.494 e. The van der Waals surface area contributed by atoms with E-state index in [0.29, 0.717) is 12.4 Å². The van der Waals surface area contributed by atoms with Crippen molar-refractivity contribution in [3.63, 3.8) is 0 Å². The summed E-state index contributed by atoms with van der Waals surface area (Å²) in [6, 6.07) is 6.59. The van der Waals surface area contributed by atoms with E-state index < -0.39 is 5.97 Å². The van der Waals surface area contributed by atoms with Crippen LogP contribution in [-0.2, 0) is 4.74 Å². The van der Waals surface area contributed by atoms with Crippen molar-refractivity contribution >= 4 is 18.4 Å².